The molecule has 7 heteroatoms. The highest BCUT2D eigenvalue weighted by atomic mass is 32.1. The Bertz CT molecular complexity index is 429. The highest BCUT2D eigenvalue weighted by Crippen LogP contribution is 2.07. The number of carbonyl (C=O) groups is 3. The molecule has 0 unspecified atom stereocenters. The number of nitrogens with one attached hydrogen (secondary N) is 1. The second kappa shape index (κ2) is 6.75. The molecule has 1 aromatic rings. The molecule has 1 amide bonds. The van der Waals surface area contributed by atoms with Crippen LogP contribution in [0.25, 0.3) is 0 Å². The summed E-state index contributed by atoms with van der Waals surface area (Å²) < 4.78 is 4.41. The molecular weight excluding hydrogens is 258 g/mol. The number of carboxylic acids is 1. The van der Waals surface area contributed by atoms with Gasteiger partial charge in [-0.2, -0.15) is 11.3 Å². The van der Waals surface area contributed by atoms with E-state index in [0.29, 0.717) is 5.56 Å². The molecule has 1 aromatic heterocycles. The maximum Gasteiger partial charge on any atom is 0.326 e. The average molecular weight is 271 g/mol. The SMILES string of the molecule is COC(=O)CC[C@@H](NC(=O)c1ccsc1)C(=O)O. The van der Waals surface area contributed by atoms with Gasteiger partial charge in [0.05, 0.1) is 12.7 Å². The first-order valence-electron chi connectivity index (χ1n) is 5.17. The Morgan fingerprint density at radius 2 is 2.22 bits per heavy atom. The minimum absolute atomic E-state index is 0.00210. The van der Waals surface area contributed by atoms with Crippen LogP contribution in [0.5, 0.6) is 0 Å². The lowest BCUT2D eigenvalue weighted by molar-refractivity contribution is -0.142. The van der Waals surface area contributed by atoms with Crippen molar-refractivity contribution in [1.82, 2.24) is 5.32 Å². The number of rotatable bonds is 6. The highest BCUT2D eigenvalue weighted by molar-refractivity contribution is 7.08. The average Bonchev–Trinajstić information content (AvgIpc) is 2.87. The van der Waals surface area contributed by atoms with E-state index in [2.05, 4.69) is 10.1 Å². The van der Waals surface area contributed by atoms with Crippen LogP contribution in [0.4, 0.5) is 0 Å². The van der Waals surface area contributed by atoms with Crippen LogP contribution >= 0.6 is 11.3 Å². The zero-order valence-corrected chi connectivity index (χ0v) is 10.5. The van der Waals surface area contributed by atoms with Gasteiger partial charge in [0.1, 0.15) is 6.04 Å². The van der Waals surface area contributed by atoms with Gasteiger partial charge >= 0.3 is 11.9 Å². The summed E-state index contributed by atoms with van der Waals surface area (Å²) in [6.45, 7) is 0. The van der Waals surface area contributed by atoms with Crippen LogP contribution in [0.15, 0.2) is 16.8 Å². The lowest BCUT2D eigenvalue weighted by Crippen LogP contribution is -2.41. The monoisotopic (exact) mass is 271 g/mol. The van der Waals surface area contributed by atoms with Gasteiger partial charge < -0.3 is 15.2 Å². The Labute approximate surface area is 108 Å². The molecule has 0 saturated heterocycles. The third-order valence-corrected chi connectivity index (χ3v) is 2.93. The number of thiophene rings is 1. The Hall–Kier alpha value is -1.89. The zero-order chi connectivity index (χ0) is 13.5. The summed E-state index contributed by atoms with van der Waals surface area (Å²) >= 11 is 1.34. The van der Waals surface area contributed by atoms with E-state index in [9.17, 15) is 14.4 Å². The van der Waals surface area contributed by atoms with E-state index in [1.54, 1.807) is 16.8 Å². The minimum atomic E-state index is -1.18. The van der Waals surface area contributed by atoms with Crippen molar-refractivity contribution in [2.24, 2.45) is 0 Å². The number of ether oxygens (including phenoxy) is 1. The Kier molecular flexibility index (Phi) is 5.31. The molecular formula is C11H13NO5S. The second-order valence-corrected chi connectivity index (χ2v) is 4.27. The van der Waals surface area contributed by atoms with E-state index in [0.717, 1.165) is 0 Å². The van der Waals surface area contributed by atoms with Gasteiger partial charge in [-0.25, -0.2) is 4.79 Å². The fraction of sp³-hybridized carbons (Fsp3) is 0.364. The predicted molar refractivity (Wildman–Crippen MR) is 64.5 cm³/mol. The zero-order valence-electron chi connectivity index (χ0n) is 9.71. The van der Waals surface area contributed by atoms with Crippen LogP contribution < -0.4 is 5.32 Å². The second-order valence-electron chi connectivity index (χ2n) is 3.49. The molecule has 18 heavy (non-hydrogen) atoms. The number of esters is 1. The lowest BCUT2D eigenvalue weighted by Gasteiger charge is -2.13. The molecule has 0 spiro atoms. The largest absolute Gasteiger partial charge is 0.480 e. The van der Waals surface area contributed by atoms with Crippen LogP contribution in [0.1, 0.15) is 23.2 Å². The van der Waals surface area contributed by atoms with Crippen LogP contribution in [0.3, 0.4) is 0 Å². The molecule has 0 saturated carbocycles. The van der Waals surface area contributed by atoms with Crippen molar-refractivity contribution in [2.45, 2.75) is 18.9 Å². The number of hydrogen-bond donors (Lipinski definition) is 2. The van der Waals surface area contributed by atoms with Gasteiger partial charge in [-0.15, -0.1) is 0 Å². The van der Waals surface area contributed by atoms with Crippen molar-refractivity contribution in [3.63, 3.8) is 0 Å². The van der Waals surface area contributed by atoms with Gasteiger partial charge in [0.15, 0.2) is 0 Å². The van der Waals surface area contributed by atoms with E-state index in [1.807, 2.05) is 0 Å². The van der Waals surface area contributed by atoms with Crippen LogP contribution in [-0.4, -0.2) is 36.1 Å². The molecule has 2 N–H and O–H groups in total. The van der Waals surface area contributed by atoms with Gasteiger partial charge in [-0.05, 0) is 17.9 Å². The Morgan fingerprint density at radius 1 is 1.50 bits per heavy atom. The summed E-state index contributed by atoms with van der Waals surface area (Å²) in [4.78, 5) is 33.5. The fourth-order valence-corrected chi connectivity index (χ4v) is 1.89. The Morgan fingerprint density at radius 3 is 2.72 bits per heavy atom. The number of carbonyl (C=O) groups excluding carboxylic acids is 2. The summed E-state index contributed by atoms with van der Waals surface area (Å²) in [7, 11) is 1.22. The first-order chi connectivity index (χ1) is 8.54. The minimum Gasteiger partial charge on any atom is -0.480 e. The van der Waals surface area contributed by atoms with Crippen LogP contribution in [0, 0.1) is 0 Å². The van der Waals surface area contributed by atoms with Crippen LogP contribution in [-0.2, 0) is 14.3 Å². The number of hydrogen-bond acceptors (Lipinski definition) is 5. The summed E-state index contributed by atoms with van der Waals surface area (Å²) in [6, 6.07) is 0.496. The third-order valence-electron chi connectivity index (χ3n) is 2.25. The molecule has 6 nitrogen and oxygen atoms in total. The molecule has 1 rings (SSSR count). The topological polar surface area (TPSA) is 92.7 Å². The number of amides is 1. The van der Waals surface area contributed by atoms with Crippen molar-refractivity contribution < 1.29 is 24.2 Å². The van der Waals surface area contributed by atoms with Gasteiger partial charge in [-0.3, -0.25) is 9.59 Å². The van der Waals surface area contributed by atoms with E-state index in [4.69, 9.17) is 5.11 Å². The number of aliphatic carboxylic acids is 1. The smallest absolute Gasteiger partial charge is 0.326 e. The number of methoxy groups -OCH3 is 1. The molecule has 0 aliphatic heterocycles. The van der Waals surface area contributed by atoms with Gasteiger partial charge in [0.2, 0.25) is 0 Å². The summed E-state index contributed by atoms with van der Waals surface area (Å²) in [5.41, 5.74) is 0.407. The van der Waals surface area contributed by atoms with Gasteiger partial charge in [-0.1, -0.05) is 0 Å². The van der Waals surface area contributed by atoms with Crippen molar-refractivity contribution in [2.75, 3.05) is 7.11 Å². The Balaban J connectivity index is 2.55. The molecule has 1 heterocycles. The van der Waals surface area contributed by atoms with Crippen molar-refractivity contribution in [3.8, 4) is 0 Å². The van der Waals surface area contributed by atoms with Gasteiger partial charge in [0, 0.05) is 11.8 Å². The first kappa shape index (κ1) is 14.2. The van der Waals surface area contributed by atoms with Crippen molar-refractivity contribution in [3.05, 3.63) is 22.4 Å². The molecule has 98 valence electrons. The normalized spacial score (nSPS) is 11.6. The maximum atomic E-state index is 11.7. The summed E-state index contributed by atoms with van der Waals surface area (Å²) in [5.74, 6) is -2.15. The van der Waals surface area contributed by atoms with Crippen LogP contribution in [0.2, 0.25) is 0 Å². The van der Waals surface area contributed by atoms with Crippen molar-refractivity contribution in [1.29, 1.82) is 0 Å². The van der Waals surface area contributed by atoms with E-state index >= 15 is 0 Å². The highest BCUT2D eigenvalue weighted by Gasteiger charge is 2.21. The lowest BCUT2D eigenvalue weighted by atomic mass is 10.1. The molecule has 1 atom stereocenters. The number of carboxylic acid groups (broad SMARTS) is 1. The molecule has 0 radical (unpaired) electrons. The first-order valence-corrected chi connectivity index (χ1v) is 6.11. The van der Waals surface area contributed by atoms with Gasteiger partial charge in [0.25, 0.3) is 5.91 Å². The molecule has 0 fully saturated rings. The van der Waals surface area contributed by atoms with E-state index in [1.165, 1.54) is 18.4 Å². The maximum absolute atomic E-state index is 11.7. The fourth-order valence-electron chi connectivity index (χ4n) is 1.26. The summed E-state index contributed by atoms with van der Waals surface area (Å²) in [5, 5.41) is 14.6. The molecule has 0 aromatic carbocycles. The van der Waals surface area contributed by atoms with Crippen molar-refractivity contribution >= 4 is 29.2 Å². The quantitative estimate of drug-likeness (QED) is 0.749. The predicted octanol–water partition coefficient (Wildman–Crippen LogP) is 0.884. The molecule has 0 bridgehead atoms. The molecule has 0 aliphatic rings. The summed E-state index contributed by atoms with van der Waals surface area (Å²) in [6.07, 6.45) is -0.0603. The molecule has 0 aliphatic carbocycles. The third kappa shape index (κ3) is 4.17. The standard InChI is InChI=1S/C11H13NO5S/c1-17-9(13)3-2-8(11(15)16)12-10(14)7-4-5-18-6-7/h4-6,8H,2-3H2,1H3,(H,12,14)(H,15,16)/t8-/m1/s1. The van der Waals surface area contributed by atoms with E-state index in [-0.39, 0.29) is 12.8 Å². The van der Waals surface area contributed by atoms with E-state index < -0.39 is 23.9 Å².